The van der Waals surface area contributed by atoms with Crippen molar-refractivity contribution in [3.63, 3.8) is 0 Å². The van der Waals surface area contributed by atoms with Gasteiger partial charge in [-0.3, -0.25) is 10.1 Å². The molecule has 0 radical (unpaired) electrons. The molecule has 24 heavy (non-hydrogen) atoms. The topological polar surface area (TPSA) is 98.3 Å². The van der Waals surface area contributed by atoms with Gasteiger partial charge in [-0.15, -0.1) is 11.8 Å². The highest BCUT2D eigenvalue weighted by molar-refractivity contribution is 7.98. The molecule has 1 heterocycles. The number of hydrogen-bond acceptors (Lipinski definition) is 7. The second-order valence-corrected chi connectivity index (χ2v) is 5.52. The van der Waals surface area contributed by atoms with Crippen LogP contribution in [0.25, 0.3) is 11.3 Å². The summed E-state index contributed by atoms with van der Waals surface area (Å²) in [6.45, 7) is 0.281. The molecule has 0 aliphatic carbocycles. The molecule has 0 amide bonds. The maximum absolute atomic E-state index is 11.0. The van der Waals surface area contributed by atoms with E-state index in [0.29, 0.717) is 27.4 Å². The van der Waals surface area contributed by atoms with E-state index in [2.05, 4.69) is 11.1 Å². The van der Waals surface area contributed by atoms with Crippen molar-refractivity contribution in [1.82, 2.24) is 4.98 Å². The number of benzene rings is 1. The standard InChI is InChI=1S/C16H15N3O4S/c1-22-10-23-9-13-6-12(8-17)16(24-2)18-15(13)11-4-3-5-14(7-11)19(20)21/h3-7H,9-10H2,1-2H3. The number of nitro benzene ring substituents is 1. The van der Waals surface area contributed by atoms with Crippen LogP contribution in [0.4, 0.5) is 5.69 Å². The predicted molar refractivity (Wildman–Crippen MR) is 89.5 cm³/mol. The zero-order valence-corrected chi connectivity index (χ0v) is 14.0. The average molecular weight is 345 g/mol. The van der Waals surface area contributed by atoms with E-state index in [1.54, 1.807) is 18.2 Å². The molecule has 0 atom stereocenters. The van der Waals surface area contributed by atoms with Gasteiger partial charge in [0.25, 0.3) is 5.69 Å². The summed E-state index contributed by atoms with van der Waals surface area (Å²) in [5.41, 5.74) is 2.24. The van der Waals surface area contributed by atoms with Crippen LogP contribution in [0.2, 0.25) is 0 Å². The molecular weight excluding hydrogens is 330 g/mol. The molecule has 2 rings (SSSR count). The Kier molecular flexibility index (Phi) is 6.26. The van der Waals surface area contributed by atoms with Gasteiger partial charge in [0.1, 0.15) is 17.9 Å². The number of pyridine rings is 1. The number of non-ortho nitro benzene ring substituents is 1. The third kappa shape index (κ3) is 4.08. The third-order valence-corrected chi connectivity index (χ3v) is 3.87. The Balaban J connectivity index is 2.55. The summed E-state index contributed by atoms with van der Waals surface area (Å²) in [4.78, 5) is 15.1. The Morgan fingerprint density at radius 2 is 2.21 bits per heavy atom. The fraction of sp³-hybridized carbons (Fsp3) is 0.250. The minimum Gasteiger partial charge on any atom is -0.359 e. The van der Waals surface area contributed by atoms with Crippen LogP contribution in [0.3, 0.4) is 0 Å². The van der Waals surface area contributed by atoms with E-state index < -0.39 is 4.92 Å². The SMILES string of the molecule is COCOCc1cc(C#N)c(SC)nc1-c1cccc([N+](=O)[O-])c1. The molecule has 0 saturated heterocycles. The Labute approximate surface area is 143 Å². The molecule has 0 unspecified atom stereocenters. The van der Waals surface area contributed by atoms with Crippen molar-refractivity contribution in [2.24, 2.45) is 0 Å². The summed E-state index contributed by atoms with van der Waals surface area (Å²) in [5, 5.41) is 20.8. The molecule has 8 heteroatoms. The summed E-state index contributed by atoms with van der Waals surface area (Å²) < 4.78 is 10.2. The van der Waals surface area contributed by atoms with E-state index in [0.717, 1.165) is 0 Å². The van der Waals surface area contributed by atoms with Crippen LogP contribution < -0.4 is 0 Å². The van der Waals surface area contributed by atoms with Crippen molar-refractivity contribution < 1.29 is 14.4 Å². The van der Waals surface area contributed by atoms with Gasteiger partial charge in [-0.2, -0.15) is 5.26 Å². The summed E-state index contributed by atoms with van der Waals surface area (Å²) in [6, 6.07) is 10.0. The second kappa shape index (κ2) is 8.40. The number of nitriles is 1. The lowest BCUT2D eigenvalue weighted by molar-refractivity contribution is -0.384. The molecule has 0 saturated carbocycles. The van der Waals surface area contributed by atoms with Crippen molar-refractivity contribution in [2.45, 2.75) is 11.6 Å². The first-order valence-electron chi connectivity index (χ1n) is 6.90. The van der Waals surface area contributed by atoms with Gasteiger partial charge in [0.2, 0.25) is 0 Å². The highest BCUT2D eigenvalue weighted by Crippen LogP contribution is 2.30. The molecule has 0 N–H and O–H groups in total. The third-order valence-electron chi connectivity index (χ3n) is 3.17. The normalized spacial score (nSPS) is 10.4. The molecule has 7 nitrogen and oxygen atoms in total. The first kappa shape index (κ1) is 17.9. The van der Waals surface area contributed by atoms with E-state index in [-0.39, 0.29) is 19.1 Å². The zero-order valence-electron chi connectivity index (χ0n) is 13.2. The maximum atomic E-state index is 11.0. The van der Waals surface area contributed by atoms with Crippen LogP contribution in [0.15, 0.2) is 35.4 Å². The van der Waals surface area contributed by atoms with Crippen molar-refractivity contribution >= 4 is 17.4 Å². The Morgan fingerprint density at radius 1 is 1.42 bits per heavy atom. The molecule has 124 valence electrons. The average Bonchev–Trinajstić information content (AvgIpc) is 2.61. The van der Waals surface area contributed by atoms with E-state index in [1.807, 2.05) is 6.26 Å². The van der Waals surface area contributed by atoms with Crippen molar-refractivity contribution in [2.75, 3.05) is 20.2 Å². The Hall–Kier alpha value is -2.47. The summed E-state index contributed by atoms with van der Waals surface area (Å²) >= 11 is 1.34. The molecular formula is C16H15N3O4S. The monoisotopic (exact) mass is 345 g/mol. The highest BCUT2D eigenvalue weighted by Gasteiger charge is 2.15. The molecule has 1 aromatic carbocycles. The van der Waals surface area contributed by atoms with Gasteiger partial charge in [0.05, 0.1) is 22.8 Å². The number of nitro groups is 1. The number of aromatic nitrogens is 1. The fourth-order valence-electron chi connectivity index (χ4n) is 2.14. The van der Waals surface area contributed by atoms with Crippen molar-refractivity contribution in [1.29, 1.82) is 5.26 Å². The number of thioether (sulfide) groups is 1. The lowest BCUT2D eigenvalue weighted by atomic mass is 10.0. The van der Waals surface area contributed by atoms with Gasteiger partial charge in [-0.1, -0.05) is 12.1 Å². The van der Waals surface area contributed by atoms with E-state index in [9.17, 15) is 15.4 Å². The Morgan fingerprint density at radius 3 is 2.83 bits per heavy atom. The van der Waals surface area contributed by atoms with Crippen molar-refractivity contribution in [3.8, 4) is 17.3 Å². The molecule has 1 aromatic heterocycles. The largest absolute Gasteiger partial charge is 0.359 e. The van der Waals surface area contributed by atoms with Crippen LogP contribution in [0.5, 0.6) is 0 Å². The summed E-state index contributed by atoms with van der Waals surface area (Å²) in [6.07, 6.45) is 1.82. The minimum atomic E-state index is -0.455. The molecule has 0 aliphatic heterocycles. The second-order valence-electron chi connectivity index (χ2n) is 4.73. The van der Waals surface area contributed by atoms with E-state index in [1.165, 1.54) is 31.0 Å². The lowest BCUT2D eigenvalue weighted by Crippen LogP contribution is -2.03. The quantitative estimate of drug-likeness (QED) is 0.249. The number of rotatable bonds is 7. The van der Waals surface area contributed by atoms with Gasteiger partial charge in [-0.05, 0) is 12.3 Å². The first-order valence-corrected chi connectivity index (χ1v) is 8.12. The van der Waals surface area contributed by atoms with Gasteiger partial charge >= 0.3 is 0 Å². The molecule has 0 fully saturated rings. The molecule has 0 aliphatic rings. The summed E-state index contributed by atoms with van der Waals surface area (Å²) in [5.74, 6) is 0. The molecule has 2 aromatic rings. The Bertz CT molecular complexity index is 789. The van der Waals surface area contributed by atoms with Gasteiger partial charge in [-0.25, -0.2) is 4.98 Å². The van der Waals surface area contributed by atoms with Crippen LogP contribution in [0.1, 0.15) is 11.1 Å². The summed E-state index contributed by atoms with van der Waals surface area (Å²) in [7, 11) is 1.51. The predicted octanol–water partition coefficient (Wildman–Crippen LogP) is 3.37. The highest BCUT2D eigenvalue weighted by atomic mass is 32.2. The smallest absolute Gasteiger partial charge is 0.270 e. The number of ether oxygens (including phenoxy) is 2. The minimum absolute atomic E-state index is 0.0203. The van der Waals surface area contributed by atoms with Gasteiger partial charge in [0, 0.05) is 30.4 Å². The van der Waals surface area contributed by atoms with E-state index >= 15 is 0 Å². The van der Waals surface area contributed by atoms with E-state index in [4.69, 9.17) is 9.47 Å². The number of methoxy groups -OCH3 is 1. The zero-order chi connectivity index (χ0) is 17.5. The van der Waals surface area contributed by atoms with Gasteiger partial charge in [0.15, 0.2) is 0 Å². The van der Waals surface area contributed by atoms with Crippen LogP contribution >= 0.6 is 11.8 Å². The first-order chi connectivity index (χ1) is 11.6. The van der Waals surface area contributed by atoms with Crippen LogP contribution in [-0.4, -0.2) is 30.1 Å². The van der Waals surface area contributed by atoms with Crippen molar-refractivity contribution in [3.05, 3.63) is 51.6 Å². The van der Waals surface area contributed by atoms with Gasteiger partial charge < -0.3 is 9.47 Å². The number of nitrogens with zero attached hydrogens (tertiary/aromatic N) is 3. The lowest BCUT2D eigenvalue weighted by Gasteiger charge is -2.12. The molecule has 0 bridgehead atoms. The van der Waals surface area contributed by atoms with Crippen LogP contribution in [-0.2, 0) is 16.1 Å². The number of hydrogen-bond donors (Lipinski definition) is 0. The van der Waals surface area contributed by atoms with Crippen LogP contribution in [0, 0.1) is 21.4 Å². The maximum Gasteiger partial charge on any atom is 0.270 e. The molecule has 0 spiro atoms. The fourth-order valence-corrected chi connectivity index (χ4v) is 2.64.